The summed E-state index contributed by atoms with van der Waals surface area (Å²) < 4.78 is 0. The number of hydrogen-bond donors (Lipinski definition) is 14. The minimum atomic E-state index is -1.49. The average molecular weight is 1110 g/mol. The van der Waals surface area contributed by atoms with Crippen LogP contribution in [0.1, 0.15) is 81.9 Å². The second-order valence-electron chi connectivity index (χ2n) is 20.0. The summed E-state index contributed by atoms with van der Waals surface area (Å²) in [5.41, 5.74) is 41.1. The molecular formula is C54H78N16O10. The molecule has 1 heterocycles. The number of likely N-dealkylation sites (tertiary alicyclic amines) is 1. The number of guanidine groups is 2. The van der Waals surface area contributed by atoms with Crippen molar-refractivity contribution in [2.75, 3.05) is 19.6 Å². The van der Waals surface area contributed by atoms with Crippen LogP contribution >= 0.6 is 0 Å². The van der Waals surface area contributed by atoms with Crippen molar-refractivity contribution in [3.8, 4) is 5.75 Å². The molecule has 1 fully saturated rings. The van der Waals surface area contributed by atoms with Crippen molar-refractivity contribution < 1.29 is 48.3 Å². The van der Waals surface area contributed by atoms with Crippen LogP contribution in [-0.4, -0.2) is 143 Å². The van der Waals surface area contributed by atoms with E-state index in [-0.39, 0.29) is 101 Å². The quantitative estimate of drug-likeness (QED) is 0.0170. The van der Waals surface area contributed by atoms with Crippen LogP contribution in [-0.2, 0) is 62.4 Å². The normalized spacial score (nSPS) is 15.5. The van der Waals surface area contributed by atoms with Crippen molar-refractivity contribution in [2.45, 2.75) is 133 Å². The highest BCUT2D eigenvalue weighted by Gasteiger charge is 2.40. The van der Waals surface area contributed by atoms with Gasteiger partial charge in [-0.2, -0.15) is 0 Å². The first kappa shape index (κ1) is 63.7. The van der Waals surface area contributed by atoms with Crippen molar-refractivity contribution in [3.05, 3.63) is 102 Å². The molecule has 0 aliphatic carbocycles. The number of aromatic hydroxyl groups is 1. The van der Waals surface area contributed by atoms with Crippen molar-refractivity contribution in [3.63, 3.8) is 0 Å². The van der Waals surface area contributed by atoms with E-state index in [1.807, 2.05) is 13.8 Å². The number of amides is 9. The van der Waals surface area contributed by atoms with Crippen molar-refractivity contribution in [2.24, 2.45) is 56.0 Å². The summed E-state index contributed by atoms with van der Waals surface area (Å²) in [4.78, 5) is 133. The second-order valence-corrected chi connectivity index (χ2v) is 20.0. The summed E-state index contributed by atoms with van der Waals surface area (Å²) in [6, 6.07) is 13.7. The zero-order chi connectivity index (χ0) is 58.9. The minimum Gasteiger partial charge on any atom is -0.508 e. The molecule has 8 atom stereocenters. The van der Waals surface area contributed by atoms with Gasteiger partial charge in [0.15, 0.2) is 11.9 Å². The standard InChI is InChI=1S/C54H78N16O10/c1-31(2)26-40(68-50(78)41(28-32-12-5-3-6-13-32)67-46(74)36(55)27-34-19-21-35(71)22-20-34)48(76)69-42(29-33-14-7-4-8-15-33)49(77)65-38(17-10-24-63-54(60)61)52(80)70-25-11-18-43(70)51(79)64-37(16-9-23-62-53(58)59)47(75)66-39(45(57)73)30-44(56)72/h3-8,12-15,19-22,31,36-43,71H,9-11,16-18,23-30,55H2,1-2H3,(H2,56,72)(H2,57,73)(H,64,79)(H,65,77)(H,66,75)(H,67,74)(H,68,78)(H,69,76)(H4,58,59,62)(H4,60,61,63)/t36-,37-,38-,39+,40-,41-,42-,43+/m0/s1. The van der Waals surface area contributed by atoms with Crippen molar-refractivity contribution >= 4 is 65.1 Å². The van der Waals surface area contributed by atoms with Crippen LogP contribution in [0.2, 0.25) is 0 Å². The number of phenols is 1. The maximum atomic E-state index is 14.8. The zero-order valence-electron chi connectivity index (χ0n) is 45.2. The van der Waals surface area contributed by atoms with E-state index in [1.54, 1.807) is 72.8 Å². The van der Waals surface area contributed by atoms with Gasteiger partial charge in [-0.3, -0.25) is 53.1 Å². The number of aliphatic imine (C=N–C) groups is 2. The molecule has 26 heteroatoms. The van der Waals surface area contributed by atoms with E-state index in [0.29, 0.717) is 23.1 Å². The molecule has 1 aliphatic rings. The molecule has 0 spiro atoms. The Labute approximate surface area is 464 Å². The number of nitrogens with zero attached hydrogens (tertiary/aromatic N) is 3. The summed E-state index contributed by atoms with van der Waals surface area (Å²) in [6.07, 6.45) is 0.290. The number of nitrogens with one attached hydrogen (secondary N) is 6. The molecule has 0 saturated carbocycles. The van der Waals surface area contributed by atoms with E-state index in [0.717, 1.165) is 0 Å². The predicted octanol–water partition coefficient (Wildman–Crippen LogP) is -2.84. The Hall–Kier alpha value is -8.81. The molecule has 21 N–H and O–H groups in total. The van der Waals surface area contributed by atoms with Crippen LogP contribution < -0.4 is 72.0 Å². The molecule has 0 bridgehead atoms. The summed E-state index contributed by atoms with van der Waals surface area (Å²) in [6.45, 7) is 3.86. The topological polar surface area (TPSA) is 456 Å². The van der Waals surface area contributed by atoms with Crippen LogP contribution in [0.15, 0.2) is 94.9 Å². The molecule has 9 amide bonds. The number of carbonyl (C=O) groups excluding carboxylic acids is 9. The van der Waals surface area contributed by atoms with Gasteiger partial charge in [-0.1, -0.05) is 86.6 Å². The van der Waals surface area contributed by atoms with Crippen LogP contribution in [0.4, 0.5) is 0 Å². The molecule has 4 rings (SSSR count). The Kier molecular flexibility index (Phi) is 25.6. The number of nitrogens with two attached hydrogens (primary N) is 7. The fourth-order valence-corrected chi connectivity index (χ4v) is 8.90. The Morgan fingerprint density at radius 3 is 1.51 bits per heavy atom. The summed E-state index contributed by atoms with van der Waals surface area (Å²) in [5.74, 6) is -7.68. The van der Waals surface area contributed by atoms with Gasteiger partial charge in [-0.05, 0) is 86.1 Å². The Morgan fingerprint density at radius 2 is 1.01 bits per heavy atom. The van der Waals surface area contributed by atoms with Gasteiger partial charge in [0, 0.05) is 32.5 Å². The monoisotopic (exact) mass is 1110 g/mol. The van der Waals surface area contributed by atoms with Gasteiger partial charge in [-0.25, -0.2) is 0 Å². The van der Waals surface area contributed by atoms with Crippen LogP contribution in [0.25, 0.3) is 0 Å². The maximum absolute atomic E-state index is 14.8. The first-order valence-corrected chi connectivity index (χ1v) is 26.4. The van der Waals surface area contributed by atoms with E-state index in [2.05, 4.69) is 41.9 Å². The van der Waals surface area contributed by atoms with Crippen LogP contribution in [0.3, 0.4) is 0 Å². The lowest BCUT2D eigenvalue weighted by molar-refractivity contribution is -0.142. The second kappa shape index (κ2) is 32.2. The average Bonchev–Trinajstić information content (AvgIpc) is 3.91. The number of rotatable bonds is 32. The summed E-state index contributed by atoms with van der Waals surface area (Å²) >= 11 is 0. The number of phenolic OH excluding ortho intramolecular Hbond substituents is 1. The SMILES string of the molecule is CC(C)C[C@H](NC(=O)[C@H](Cc1ccccc1)NC(=O)[C@@H](N)Cc1ccc(O)cc1)C(=O)N[C@@H](Cc1ccccc1)C(=O)N[C@@H](CCCN=C(N)N)C(=O)N1CCC[C@@H]1C(=O)N[C@@H](CCCN=C(N)N)C(=O)N[C@H](CC(N)=O)C(N)=O. The van der Waals surface area contributed by atoms with Gasteiger partial charge < -0.3 is 82.0 Å². The highest BCUT2D eigenvalue weighted by molar-refractivity contribution is 5.98. The molecule has 434 valence electrons. The highest BCUT2D eigenvalue weighted by atomic mass is 16.3. The smallest absolute Gasteiger partial charge is 0.245 e. The van der Waals surface area contributed by atoms with E-state index >= 15 is 0 Å². The molecule has 3 aromatic rings. The highest BCUT2D eigenvalue weighted by Crippen LogP contribution is 2.21. The summed E-state index contributed by atoms with van der Waals surface area (Å²) in [7, 11) is 0. The van der Waals surface area contributed by atoms with Gasteiger partial charge >= 0.3 is 0 Å². The first-order valence-electron chi connectivity index (χ1n) is 26.4. The molecule has 80 heavy (non-hydrogen) atoms. The Balaban J connectivity index is 1.61. The largest absolute Gasteiger partial charge is 0.508 e. The Bertz CT molecular complexity index is 2630. The van der Waals surface area contributed by atoms with Gasteiger partial charge in [0.05, 0.1) is 12.5 Å². The fraction of sp³-hybridized carbons (Fsp3) is 0.463. The molecule has 3 aromatic carbocycles. The lowest BCUT2D eigenvalue weighted by Gasteiger charge is -2.31. The maximum Gasteiger partial charge on any atom is 0.245 e. The van der Waals surface area contributed by atoms with E-state index in [4.69, 9.17) is 40.1 Å². The Morgan fingerprint density at radius 1 is 0.562 bits per heavy atom. The number of benzene rings is 3. The lowest BCUT2D eigenvalue weighted by Crippen LogP contribution is -2.60. The fourth-order valence-electron chi connectivity index (χ4n) is 8.90. The lowest BCUT2D eigenvalue weighted by atomic mass is 9.99. The molecule has 1 saturated heterocycles. The van der Waals surface area contributed by atoms with Crippen molar-refractivity contribution in [1.82, 2.24) is 36.8 Å². The van der Waals surface area contributed by atoms with E-state index < -0.39 is 108 Å². The minimum absolute atomic E-state index is 0.0317. The first-order chi connectivity index (χ1) is 38.0. The van der Waals surface area contributed by atoms with Crippen LogP contribution in [0, 0.1) is 5.92 Å². The third-order valence-corrected chi connectivity index (χ3v) is 12.9. The zero-order valence-corrected chi connectivity index (χ0v) is 45.2. The third-order valence-electron chi connectivity index (χ3n) is 12.9. The van der Waals surface area contributed by atoms with Crippen LogP contribution in [0.5, 0.6) is 5.75 Å². The molecular weight excluding hydrogens is 1030 g/mol. The molecule has 0 unspecified atom stereocenters. The number of hydrogen-bond acceptors (Lipinski definition) is 13. The number of carbonyl (C=O) groups is 9. The van der Waals surface area contributed by atoms with Crippen molar-refractivity contribution in [1.29, 1.82) is 0 Å². The molecule has 0 aromatic heterocycles. The van der Waals surface area contributed by atoms with Gasteiger partial charge in [-0.15, -0.1) is 0 Å². The molecule has 26 nitrogen and oxygen atoms in total. The van der Waals surface area contributed by atoms with Gasteiger partial charge in [0.1, 0.15) is 48.0 Å². The summed E-state index contributed by atoms with van der Waals surface area (Å²) in [5, 5.41) is 25.9. The third kappa shape index (κ3) is 21.9. The van der Waals surface area contributed by atoms with E-state index in [1.165, 1.54) is 17.0 Å². The van der Waals surface area contributed by atoms with Gasteiger partial charge in [0.25, 0.3) is 0 Å². The molecule has 0 radical (unpaired) electrons. The predicted molar refractivity (Wildman–Crippen MR) is 299 cm³/mol. The number of primary amides is 2. The van der Waals surface area contributed by atoms with E-state index in [9.17, 15) is 48.3 Å². The van der Waals surface area contributed by atoms with Gasteiger partial charge in [0.2, 0.25) is 53.2 Å². The molecule has 1 aliphatic heterocycles.